The van der Waals surface area contributed by atoms with E-state index in [4.69, 9.17) is 21.1 Å². The van der Waals surface area contributed by atoms with Crippen LogP contribution in [0, 0.1) is 0 Å². The highest BCUT2D eigenvalue weighted by Gasteiger charge is 2.51. The largest absolute Gasteiger partial charge is 0.497 e. The lowest BCUT2D eigenvalue weighted by Crippen LogP contribution is -2.36. The first-order valence-corrected chi connectivity index (χ1v) is 8.67. The standard InChI is InChI=1S/C20H22ClNO3/c1-13(17-12-16(24-2)7-8-18(17)25-3)22-19(23)20(9-10-20)14-5-4-6-15(21)11-14/h4-8,11-13H,9-10H2,1-3H3,(H,22,23). The Morgan fingerprint density at radius 2 is 1.92 bits per heavy atom. The number of ether oxygens (including phenoxy) is 2. The Balaban J connectivity index is 1.81. The fourth-order valence-electron chi connectivity index (χ4n) is 3.15. The average Bonchev–Trinajstić information content (AvgIpc) is 3.43. The van der Waals surface area contributed by atoms with Crippen molar-refractivity contribution in [3.05, 3.63) is 58.6 Å². The van der Waals surface area contributed by atoms with Crippen LogP contribution in [0.25, 0.3) is 0 Å². The molecule has 2 aromatic rings. The van der Waals surface area contributed by atoms with Crippen molar-refractivity contribution >= 4 is 17.5 Å². The van der Waals surface area contributed by atoms with Gasteiger partial charge in [0.25, 0.3) is 0 Å². The molecule has 1 unspecified atom stereocenters. The maximum atomic E-state index is 13.0. The monoisotopic (exact) mass is 359 g/mol. The second kappa shape index (κ2) is 6.96. The molecule has 1 amide bonds. The zero-order valence-electron chi connectivity index (χ0n) is 14.6. The SMILES string of the molecule is COc1ccc(OC)c(C(C)NC(=O)C2(c3cccc(Cl)c3)CC2)c1. The van der Waals surface area contributed by atoms with Crippen molar-refractivity contribution in [3.63, 3.8) is 0 Å². The molecule has 1 aliphatic rings. The number of rotatable bonds is 6. The molecule has 0 aromatic heterocycles. The summed E-state index contributed by atoms with van der Waals surface area (Å²) in [5, 5.41) is 3.78. The smallest absolute Gasteiger partial charge is 0.231 e. The van der Waals surface area contributed by atoms with Crippen LogP contribution >= 0.6 is 11.6 Å². The van der Waals surface area contributed by atoms with Gasteiger partial charge in [-0.1, -0.05) is 23.7 Å². The molecule has 0 heterocycles. The summed E-state index contributed by atoms with van der Waals surface area (Å²) in [4.78, 5) is 13.0. The summed E-state index contributed by atoms with van der Waals surface area (Å²) < 4.78 is 10.7. The number of nitrogens with one attached hydrogen (secondary N) is 1. The van der Waals surface area contributed by atoms with Gasteiger partial charge in [0.1, 0.15) is 11.5 Å². The normalized spacial score (nSPS) is 16.0. The number of methoxy groups -OCH3 is 2. The van der Waals surface area contributed by atoms with Crippen LogP contribution in [0.15, 0.2) is 42.5 Å². The molecule has 1 N–H and O–H groups in total. The van der Waals surface area contributed by atoms with E-state index in [-0.39, 0.29) is 11.9 Å². The van der Waals surface area contributed by atoms with Crippen molar-refractivity contribution in [2.75, 3.05) is 14.2 Å². The molecule has 4 nitrogen and oxygen atoms in total. The molecule has 5 heteroatoms. The predicted molar refractivity (Wildman–Crippen MR) is 98.5 cm³/mol. The fourth-order valence-corrected chi connectivity index (χ4v) is 3.34. The van der Waals surface area contributed by atoms with E-state index in [0.29, 0.717) is 5.02 Å². The van der Waals surface area contributed by atoms with Crippen LogP contribution in [0.4, 0.5) is 0 Å². The third-order valence-electron chi connectivity index (χ3n) is 4.81. The van der Waals surface area contributed by atoms with Crippen LogP contribution in [0.5, 0.6) is 11.5 Å². The minimum Gasteiger partial charge on any atom is -0.497 e. The van der Waals surface area contributed by atoms with Crippen molar-refractivity contribution in [1.29, 1.82) is 0 Å². The molecule has 0 spiro atoms. The molecule has 0 bridgehead atoms. The second-order valence-electron chi connectivity index (χ2n) is 6.40. The molecule has 132 valence electrons. The number of hydrogen-bond acceptors (Lipinski definition) is 3. The van der Waals surface area contributed by atoms with Gasteiger partial charge in [0, 0.05) is 10.6 Å². The lowest BCUT2D eigenvalue weighted by molar-refractivity contribution is -0.124. The number of carbonyl (C=O) groups is 1. The molecule has 1 fully saturated rings. The summed E-state index contributed by atoms with van der Waals surface area (Å²) in [6.45, 7) is 1.95. The highest BCUT2D eigenvalue weighted by Crippen LogP contribution is 2.49. The summed E-state index contributed by atoms with van der Waals surface area (Å²) in [5.74, 6) is 1.47. The molecule has 1 aliphatic carbocycles. The van der Waals surface area contributed by atoms with Gasteiger partial charge in [-0.05, 0) is 55.7 Å². The molecule has 25 heavy (non-hydrogen) atoms. The predicted octanol–water partition coefficient (Wildman–Crippen LogP) is 4.27. The molecular weight excluding hydrogens is 338 g/mol. The van der Waals surface area contributed by atoms with Crippen LogP contribution in [0.1, 0.15) is 36.9 Å². The van der Waals surface area contributed by atoms with Gasteiger partial charge in [-0.15, -0.1) is 0 Å². The van der Waals surface area contributed by atoms with E-state index >= 15 is 0 Å². The van der Waals surface area contributed by atoms with Crippen molar-refractivity contribution < 1.29 is 14.3 Å². The van der Waals surface area contributed by atoms with Gasteiger partial charge in [0.15, 0.2) is 0 Å². The van der Waals surface area contributed by atoms with Crippen molar-refractivity contribution in [3.8, 4) is 11.5 Å². The summed E-state index contributed by atoms with van der Waals surface area (Å²) in [5.41, 5.74) is 1.39. The van der Waals surface area contributed by atoms with E-state index in [1.165, 1.54) is 0 Å². The lowest BCUT2D eigenvalue weighted by atomic mass is 9.94. The first-order chi connectivity index (χ1) is 12.0. The molecule has 1 saturated carbocycles. The van der Waals surface area contributed by atoms with Gasteiger partial charge in [-0.2, -0.15) is 0 Å². The summed E-state index contributed by atoms with van der Waals surface area (Å²) in [6, 6.07) is 12.9. The molecular formula is C20H22ClNO3. The molecule has 0 radical (unpaired) electrons. The fraction of sp³-hybridized carbons (Fsp3) is 0.350. The highest BCUT2D eigenvalue weighted by molar-refractivity contribution is 6.30. The van der Waals surface area contributed by atoms with Gasteiger partial charge in [0.2, 0.25) is 5.91 Å². The number of amides is 1. The van der Waals surface area contributed by atoms with Gasteiger partial charge in [0.05, 0.1) is 25.7 Å². The highest BCUT2D eigenvalue weighted by atomic mass is 35.5. The van der Waals surface area contributed by atoms with Gasteiger partial charge < -0.3 is 14.8 Å². The minimum absolute atomic E-state index is 0.0205. The Hall–Kier alpha value is -2.20. The quantitative estimate of drug-likeness (QED) is 0.838. The molecule has 3 rings (SSSR count). The van der Waals surface area contributed by atoms with Gasteiger partial charge in [-0.25, -0.2) is 0 Å². The Morgan fingerprint density at radius 1 is 1.16 bits per heavy atom. The Labute approximate surface area is 153 Å². The van der Waals surface area contributed by atoms with Gasteiger partial charge >= 0.3 is 0 Å². The minimum atomic E-state index is -0.467. The second-order valence-corrected chi connectivity index (χ2v) is 6.83. The average molecular weight is 360 g/mol. The zero-order valence-corrected chi connectivity index (χ0v) is 15.4. The number of carbonyl (C=O) groups excluding carboxylic acids is 1. The first-order valence-electron chi connectivity index (χ1n) is 8.29. The van der Waals surface area contributed by atoms with Crippen LogP contribution in [-0.4, -0.2) is 20.1 Å². The molecule has 1 atom stereocenters. The maximum Gasteiger partial charge on any atom is 0.231 e. The van der Waals surface area contributed by atoms with Crippen molar-refractivity contribution in [2.45, 2.75) is 31.2 Å². The van der Waals surface area contributed by atoms with E-state index in [1.807, 2.05) is 49.4 Å². The van der Waals surface area contributed by atoms with Crippen LogP contribution in [0.3, 0.4) is 0 Å². The number of hydrogen-bond donors (Lipinski definition) is 1. The molecule has 2 aromatic carbocycles. The molecule has 0 saturated heterocycles. The lowest BCUT2D eigenvalue weighted by Gasteiger charge is -2.22. The Kier molecular flexibility index (Phi) is 4.91. The third-order valence-corrected chi connectivity index (χ3v) is 5.05. The Morgan fingerprint density at radius 3 is 2.52 bits per heavy atom. The van der Waals surface area contributed by atoms with E-state index in [0.717, 1.165) is 35.5 Å². The van der Waals surface area contributed by atoms with Crippen molar-refractivity contribution in [1.82, 2.24) is 5.32 Å². The summed E-state index contributed by atoms with van der Waals surface area (Å²) in [6.07, 6.45) is 1.67. The molecule has 0 aliphatic heterocycles. The number of halogens is 1. The van der Waals surface area contributed by atoms with Crippen LogP contribution < -0.4 is 14.8 Å². The van der Waals surface area contributed by atoms with E-state index in [2.05, 4.69) is 5.32 Å². The van der Waals surface area contributed by atoms with E-state index in [1.54, 1.807) is 14.2 Å². The van der Waals surface area contributed by atoms with Crippen molar-refractivity contribution in [2.24, 2.45) is 0 Å². The van der Waals surface area contributed by atoms with E-state index < -0.39 is 5.41 Å². The summed E-state index contributed by atoms with van der Waals surface area (Å²) >= 11 is 6.10. The third kappa shape index (κ3) is 3.45. The van der Waals surface area contributed by atoms with Crippen LogP contribution in [-0.2, 0) is 10.2 Å². The number of benzene rings is 2. The maximum absolute atomic E-state index is 13.0. The van der Waals surface area contributed by atoms with Crippen LogP contribution in [0.2, 0.25) is 5.02 Å². The zero-order chi connectivity index (χ0) is 18.0. The summed E-state index contributed by atoms with van der Waals surface area (Å²) in [7, 11) is 3.24. The topological polar surface area (TPSA) is 47.6 Å². The van der Waals surface area contributed by atoms with E-state index in [9.17, 15) is 4.79 Å². The first kappa shape index (κ1) is 17.6. The Bertz CT molecular complexity index is 786. The van der Waals surface area contributed by atoms with Gasteiger partial charge in [-0.3, -0.25) is 4.79 Å².